The predicted molar refractivity (Wildman–Crippen MR) is 152 cm³/mol. The van der Waals surface area contributed by atoms with E-state index in [1.54, 1.807) is 51.2 Å². The molecule has 1 fully saturated rings. The number of imidazole rings is 1. The maximum Gasteiger partial charge on any atom is 0.459 e. The highest BCUT2D eigenvalue weighted by molar-refractivity contribution is 7.52. The Hall–Kier alpha value is -3.26. The van der Waals surface area contributed by atoms with Gasteiger partial charge in [0, 0.05) is 7.05 Å². The van der Waals surface area contributed by atoms with Gasteiger partial charge < -0.3 is 30.2 Å². The molecule has 6 atom stereocenters. The summed E-state index contributed by atoms with van der Waals surface area (Å²) in [6, 6.07) is 7.21. The number of halogens is 1. The van der Waals surface area contributed by atoms with Crippen molar-refractivity contribution in [1.29, 1.82) is 0 Å². The van der Waals surface area contributed by atoms with Crippen molar-refractivity contribution in [1.82, 2.24) is 24.6 Å². The van der Waals surface area contributed by atoms with Gasteiger partial charge in [0.05, 0.1) is 19.0 Å². The summed E-state index contributed by atoms with van der Waals surface area (Å²) < 4.78 is 38.1. The number of carbonyl (C=O) groups excluding carboxylic acids is 1. The number of aliphatic hydroxyl groups is 1. The minimum Gasteiger partial charge on any atom is -0.462 e. The van der Waals surface area contributed by atoms with Crippen LogP contribution in [-0.4, -0.2) is 73.5 Å². The van der Waals surface area contributed by atoms with E-state index in [1.807, 2.05) is 0 Å². The first-order valence-electron chi connectivity index (χ1n) is 12.7. The van der Waals surface area contributed by atoms with Gasteiger partial charge in [-0.3, -0.25) is 13.9 Å². The molecule has 1 saturated heterocycles. The van der Waals surface area contributed by atoms with Gasteiger partial charge >= 0.3 is 13.7 Å². The number of anilines is 2. The quantitative estimate of drug-likeness (QED) is 0.102. The van der Waals surface area contributed by atoms with Crippen molar-refractivity contribution in [3.05, 3.63) is 49.3 Å². The minimum atomic E-state index is -4.24. The van der Waals surface area contributed by atoms with E-state index < -0.39 is 49.7 Å². The molecule has 3 heterocycles. The lowest BCUT2D eigenvalue weighted by atomic mass is 9.99. The summed E-state index contributed by atoms with van der Waals surface area (Å²) >= 11 is 6.86. The Balaban J connectivity index is 1.59. The number of para-hydroxylation sites is 1. The minimum absolute atomic E-state index is 0.0176. The fourth-order valence-electron chi connectivity index (χ4n) is 4.19. The highest BCUT2D eigenvalue weighted by Crippen LogP contribution is 2.49. The molecule has 4 rings (SSSR count). The van der Waals surface area contributed by atoms with Crippen LogP contribution in [0.15, 0.2) is 49.3 Å². The Labute approximate surface area is 241 Å². The van der Waals surface area contributed by atoms with Gasteiger partial charge in [-0.1, -0.05) is 24.3 Å². The van der Waals surface area contributed by atoms with Crippen LogP contribution >= 0.6 is 19.3 Å². The lowest BCUT2D eigenvalue weighted by Crippen LogP contribution is -2.41. The number of aromatic nitrogens is 4. The molecule has 0 spiro atoms. The maximum atomic E-state index is 13.9. The molecule has 14 nitrogen and oxygen atoms in total. The summed E-state index contributed by atoms with van der Waals surface area (Å²) in [5.41, 5.74) is 6.57. The third-order valence-electron chi connectivity index (χ3n) is 6.16. The van der Waals surface area contributed by atoms with Crippen molar-refractivity contribution in [2.45, 2.75) is 56.2 Å². The summed E-state index contributed by atoms with van der Waals surface area (Å²) in [7, 11) is -2.58. The van der Waals surface area contributed by atoms with Crippen molar-refractivity contribution < 1.29 is 33.0 Å². The molecule has 1 aliphatic heterocycles. The van der Waals surface area contributed by atoms with Crippen LogP contribution in [-0.2, 0) is 23.4 Å². The fraction of sp³-hybridized carbons (Fsp3) is 0.440. The number of nitrogens with zero attached hydrogens (tertiary/aromatic N) is 4. The Bertz CT molecular complexity index is 1440. The van der Waals surface area contributed by atoms with Crippen molar-refractivity contribution in [3.8, 4) is 5.75 Å². The molecule has 0 bridgehead atoms. The van der Waals surface area contributed by atoms with Crippen molar-refractivity contribution in [3.63, 3.8) is 0 Å². The number of fused-ring (bicyclic) bond motifs is 1. The topological polar surface area (TPSA) is 185 Å². The second-order valence-corrected chi connectivity index (χ2v) is 11.9. The zero-order valence-electron chi connectivity index (χ0n) is 22.9. The molecular formula is C25H33ClN7O7P. The van der Waals surface area contributed by atoms with Crippen molar-refractivity contribution in [2.24, 2.45) is 0 Å². The Morgan fingerprint density at radius 2 is 2.05 bits per heavy atom. The van der Waals surface area contributed by atoms with Crippen LogP contribution < -0.4 is 20.7 Å². The molecular weight excluding hydrogens is 577 g/mol. The van der Waals surface area contributed by atoms with Crippen molar-refractivity contribution >= 4 is 48.2 Å². The first-order chi connectivity index (χ1) is 19.4. The Morgan fingerprint density at radius 1 is 1.34 bits per heavy atom. The van der Waals surface area contributed by atoms with Gasteiger partial charge in [-0.2, -0.15) is 15.1 Å². The second kappa shape index (κ2) is 12.3. The zero-order chi connectivity index (χ0) is 29.9. The number of aliphatic hydroxyl groups excluding tert-OH is 1. The SMILES string of the molecule is C=C[C@@]1(Cl)[C@H](O)[C@@H](COP(=O)(N[C@H](C)C(=O)OC(C)C)Oc2ccccc2)O[C@H]1n1cnc2c(NC)nc(N)nc21. The van der Waals surface area contributed by atoms with Crippen LogP contribution in [0.1, 0.15) is 27.0 Å². The van der Waals surface area contributed by atoms with Gasteiger partial charge in [0.1, 0.15) is 28.9 Å². The van der Waals surface area contributed by atoms with E-state index in [4.69, 9.17) is 35.9 Å². The molecule has 1 aliphatic rings. The van der Waals surface area contributed by atoms with Gasteiger partial charge in [-0.05, 0) is 32.9 Å². The van der Waals surface area contributed by atoms with E-state index in [9.17, 15) is 14.5 Å². The van der Waals surface area contributed by atoms with E-state index in [-0.39, 0.29) is 17.8 Å². The number of nitrogens with one attached hydrogen (secondary N) is 2. The predicted octanol–water partition coefficient (Wildman–Crippen LogP) is 3.01. The highest BCUT2D eigenvalue weighted by atomic mass is 35.5. The number of hydrogen-bond acceptors (Lipinski definition) is 12. The van der Waals surface area contributed by atoms with Gasteiger partial charge in [-0.25, -0.2) is 9.55 Å². The molecule has 0 radical (unpaired) electrons. The summed E-state index contributed by atoms with van der Waals surface area (Å²) in [5.74, 6) is -0.0632. The number of esters is 1. The molecule has 16 heteroatoms. The molecule has 0 aliphatic carbocycles. The number of rotatable bonds is 12. The number of ether oxygens (including phenoxy) is 2. The fourth-order valence-corrected chi connectivity index (χ4v) is 5.99. The summed E-state index contributed by atoms with van der Waals surface area (Å²) in [5, 5.41) is 16.7. The molecule has 41 heavy (non-hydrogen) atoms. The number of nitrogens with two attached hydrogens (primary N) is 1. The number of benzene rings is 1. The van der Waals surface area contributed by atoms with Crippen LogP contribution in [0.4, 0.5) is 11.8 Å². The lowest BCUT2D eigenvalue weighted by Gasteiger charge is -2.27. The highest BCUT2D eigenvalue weighted by Gasteiger charge is 2.55. The Kier molecular flexibility index (Phi) is 9.22. The standard InChI is InChI=1S/C25H33ClN7O7P/c1-6-25(26)19(34)17(39-23(25)33-13-29-18-20(28-5)30-24(27)31-21(18)33)12-37-41(36,40-16-10-8-7-9-11-16)32-15(4)22(35)38-14(2)3/h6-11,13-15,17,19,23,34H,1,12H2,2-5H3,(H,32,36)(H3,27,28,30,31)/t15-,17-,19-,23-,25-,41?/m1/s1. The second-order valence-electron chi connectivity index (χ2n) is 9.54. The third-order valence-corrected chi connectivity index (χ3v) is 8.37. The number of alkyl halides is 1. The van der Waals surface area contributed by atoms with Crippen LogP contribution in [0, 0.1) is 0 Å². The maximum absolute atomic E-state index is 13.9. The van der Waals surface area contributed by atoms with Gasteiger partial charge in [-0.15, -0.1) is 18.2 Å². The molecule has 1 unspecified atom stereocenters. The van der Waals surface area contributed by atoms with Crippen LogP contribution in [0.2, 0.25) is 0 Å². The van der Waals surface area contributed by atoms with E-state index in [0.29, 0.717) is 17.0 Å². The average Bonchev–Trinajstić information content (AvgIpc) is 3.45. The monoisotopic (exact) mass is 609 g/mol. The van der Waals surface area contributed by atoms with Crippen LogP contribution in [0.5, 0.6) is 5.75 Å². The molecule has 5 N–H and O–H groups in total. The first-order valence-corrected chi connectivity index (χ1v) is 14.6. The van der Waals surface area contributed by atoms with Crippen LogP contribution in [0.3, 0.4) is 0 Å². The third kappa shape index (κ3) is 6.48. The summed E-state index contributed by atoms with van der Waals surface area (Å²) in [6.07, 6.45) is -1.21. The van der Waals surface area contributed by atoms with E-state index in [0.717, 1.165) is 0 Å². The average molecular weight is 610 g/mol. The largest absolute Gasteiger partial charge is 0.462 e. The molecule has 3 aromatic rings. The number of hydrogen-bond donors (Lipinski definition) is 4. The van der Waals surface area contributed by atoms with Gasteiger partial charge in [0.25, 0.3) is 0 Å². The zero-order valence-corrected chi connectivity index (χ0v) is 24.6. The van der Waals surface area contributed by atoms with E-state index >= 15 is 0 Å². The van der Waals surface area contributed by atoms with Crippen molar-refractivity contribution in [2.75, 3.05) is 24.7 Å². The molecule has 0 saturated carbocycles. The van der Waals surface area contributed by atoms with Crippen LogP contribution in [0.25, 0.3) is 11.2 Å². The summed E-state index contributed by atoms with van der Waals surface area (Å²) in [6.45, 7) is 8.18. The molecule has 0 amide bonds. The van der Waals surface area contributed by atoms with Gasteiger partial charge in [0.15, 0.2) is 23.2 Å². The smallest absolute Gasteiger partial charge is 0.459 e. The first kappa shape index (κ1) is 30.7. The van der Waals surface area contributed by atoms with E-state index in [2.05, 4.69) is 31.9 Å². The normalized spacial score (nSPS) is 24.6. The number of carbonyl (C=O) groups is 1. The lowest BCUT2D eigenvalue weighted by molar-refractivity contribution is -0.149. The number of nitrogen functional groups attached to an aromatic ring is 1. The Morgan fingerprint density at radius 3 is 2.68 bits per heavy atom. The summed E-state index contributed by atoms with van der Waals surface area (Å²) in [4.78, 5) is 23.6. The molecule has 2 aromatic heterocycles. The molecule has 222 valence electrons. The van der Waals surface area contributed by atoms with Gasteiger partial charge in [0.2, 0.25) is 5.95 Å². The molecule has 1 aromatic carbocycles. The van der Waals surface area contributed by atoms with E-state index in [1.165, 1.54) is 23.9 Å².